The van der Waals surface area contributed by atoms with Crippen LogP contribution in [-0.4, -0.2) is 5.78 Å². The minimum Gasteiger partial charge on any atom is -0.298 e. The molecule has 3 aromatic rings. The Labute approximate surface area is 164 Å². The lowest BCUT2D eigenvalue weighted by Gasteiger charge is -2.06. The molecule has 1 unspecified atom stereocenters. The van der Waals surface area contributed by atoms with Gasteiger partial charge in [0.25, 0.3) is 0 Å². The summed E-state index contributed by atoms with van der Waals surface area (Å²) in [6.07, 6.45) is 5.73. The predicted octanol–water partition coefficient (Wildman–Crippen LogP) is 4.58. The topological polar surface area (TPSA) is 49.1 Å². The number of hydrogen-bond donors (Lipinski definition) is 0. The molecule has 1 heterocycles. The summed E-state index contributed by atoms with van der Waals surface area (Å²) in [7, 11) is 0. The van der Waals surface area contributed by atoms with Gasteiger partial charge in [0.1, 0.15) is 5.92 Å². The Morgan fingerprint density at radius 1 is 1.07 bits per heavy atom. The SMILES string of the molecule is [C-]#[N+]C(=Cc1cc[n+](-c2ccccc2)cc1)c1ccc(C(C#N)C(C)=O)cc1. The quantitative estimate of drug-likeness (QED) is 0.492. The number of para-hydroxylation sites is 1. The number of Topliss-reactive ketones (excluding diaryl/α,β-unsaturated/α-hetero) is 1. The Bertz CT molecular complexity index is 1080. The molecule has 0 aliphatic carbocycles. The van der Waals surface area contributed by atoms with Crippen molar-refractivity contribution < 1.29 is 9.36 Å². The average molecular weight is 364 g/mol. The number of carbonyl (C=O) groups is 1. The van der Waals surface area contributed by atoms with Gasteiger partial charge in [0.15, 0.2) is 23.9 Å². The zero-order valence-corrected chi connectivity index (χ0v) is 15.4. The molecule has 2 aromatic carbocycles. The van der Waals surface area contributed by atoms with Gasteiger partial charge in [-0.15, -0.1) is 0 Å². The van der Waals surface area contributed by atoms with E-state index in [9.17, 15) is 4.79 Å². The molecule has 1 atom stereocenters. The second-order valence-electron chi connectivity index (χ2n) is 6.31. The molecule has 0 aliphatic heterocycles. The fraction of sp³-hybridized carbons (Fsp3) is 0.0833. The molecule has 3 rings (SSSR count). The zero-order chi connectivity index (χ0) is 19.9. The molecule has 0 fully saturated rings. The van der Waals surface area contributed by atoms with Crippen molar-refractivity contribution in [3.05, 3.63) is 107 Å². The van der Waals surface area contributed by atoms with E-state index in [0.717, 1.165) is 16.8 Å². The minimum atomic E-state index is -0.767. The normalized spacial score (nSPS) is 11.9. The van der Waals surface area contributed by atoms with Gasteiger partial charge in [-0.25, -0.2) is 4.85 Å². The molecule has 0 radical (unpaired) electrons. The predicted molar refractivity (Wildman–Crippen MR) is 108 cm³/mol. The van der Waals surface area contributed by atoms with Gasteiger partial charge in [-0.05, 0) is 29.7 Å². The van der Waals surface area contributed by atoms with Crippen LogP contribution in [0.2, 0.25) is 0 Å². The van der Waals surface area contributed by atoms with Gasteiger partial charge in [-0.3, -0.25) is 4.79 Å². The van der Waals surface area contributed by atoms with Crippen LogP contribution < -0.4 is 4.57 Å². The summed E-state index contributed by atoms with van der Waals surface area (Å²) in [5.41, 5.74) is 3.88. The second kappa shape index (κ2) is 8.58. The van der Waals surface area contributed by atoms with Crippen molar-refractivity contribution in [2.24, 2.45) is 0 Å². The molecule has 134 valence electrons. The smallest absolute Gasteiger partial charge is 0.210 e. The van der Waals surface area contributed by atoms with Crippen LogP contribution in [-0.2, 0) is 4.79 Å². The van der Waals surface area contributed by atoms with Crippen molar-refractivity contribution in [1.82, 2.24) is 0 Å². The molecule has 0 aliphatic rings. The van der Waals surface area contributed by atoms with E-state index < -0.39 is 5.92 Å². The highest BCUT2D eigenvalue weighted by atomic mass is 16.1. The minimum absolute atomic E-state index is 0.188. The van der Waals surface area contributed by atoms with Crippen molar-refractivity contribution >= 4 is 17.6 Å². The monoisotopic (exact) mass is 364 g/mol. The van der Waals surface area contributed by atoms with Crippen LogP contribution >= 0.6 is 0 Å². The van der Waals surface area contributed by atoms with Crippen molar-refractivity contribution in [1.29, 1.82) is 5.26 Å². The van der Waals surface area contributed by atoms with E-state index in [0.29, 0.717) is 11.3 Å². The summed E-state index contributed by atoms with van der Waals surface area (Å²) in [4.78, 5) is 15.2. The highest BCUT2D eigenvalue weighted by Gasteiger charge is 2.15. The maximum atomic E-state index is 11.5. The van der Waals surface area contributed by atoms with Gasteiger partial charge in [0, 0.05) is 24.3 Å². The molecule has 0 spiro atoms. The summed E-state index contributed by atoms with van der Waals surface area (Å²) >= 11 is 0. The molecule has 0 saturated carbocycles. The van der Waals surface area contributed by atoms with Crippen molar-refractivity contribution in [2.45, 2.75) is 12.8 Å². The highest BCUT2D eigenvalue weighted by Crippen LogP contribution is 2.23. The van der Waals surface area contributed by atoms with E-state index in [2.05, 4.69) is 4.85 Å². The third-order valence-corrected chi connectivity index (χ3v) is 4.41. The van der Waals surface area contributed by atoms with Crippen molar-refractivity contribution in [2.75, 3.05) is 0 Å². The Balaban J connectivity index is 1.85. The fourth-order valence-corrected chi connectivity index (χ4v) is 2.89. The van der Waals surface area contributed by atoms with E-state index in [-0.39, 0.29) is 5.78 Å². The number of ketones is 1. The first-order chi connectivity index (χ1) is 13.6. The Morgan fingerprint density at radius 2 is 1.71 bits per heavy atom. The lowest BCUT2D eigenvalue weighted by Crippen LogP contribution is -2.28. The van der Waals surface area contributed by atoms with E-state index in [1.807, 2.05) is 71.6 Å². The average Bonchev–Trinajstić information content (AvgIpc) is 2.74. The summed E-state index contributed by atoms with van der Waals surface area (Å²) in [6, 6.07) is 22.9. The third-order valence-electron chi connectivity index (χ3n) is 4.41. The van der Waals surface area contributed by atoms with Crippen molar-refractivity contribution in [3.8, 4) is 11.8 Å². The largest absolute Gasteiger partial charge is 0.298 e. The number of aromatic nitrogens is 1. The lowest BCUT2D eigenvalue weighted by molar-refractivity contribution is -0.595. The van der Waals surface area contributed by atoms with Crippen LogP contribution in [0.3, 0.4) is 0 Å². The molecule has 1 aromatic heterocycles. The maximum absolute atomic E-state index is 11.5. The second-order valence-corrected chi connectivity index (χ2v) is 6.31. The molecule has 4 nitrogen and oxygen atoms in total. The van der Waals surface area contributed by atoms with Crippen LogP contribution in [0.15, 0.2) is 79.1 Å². The molecule has 4 heteroatoms. The summed E-state index contributed by atoms with van der Waals surface area (Å²) in [6.45, 7) is 8.92. The number of nitrogens with zero attached hydrogens (tertiary/aromatic N) is 3. The maximum Gasteiger partial charge on any atom is 0.210 e. The Morgan fingerprint density at radius 3 is 2.25 bits per heavy atom. The summed E-state index contributed by atoms with van der Waals surface area (Å²) in [5.74, 6) is -0.954. The fourth-order valence-electron chi connectivity index (χ4n) is 2.89. The summed E-state index contributed by atoms with van der Waals surface area (Å²) < 4.78 is 2.01. The van der Waals surface area contributed by atoms with Crippen LogP contribution in [0.25, 0.3) is 22.3 Å². The van der Waals surface area contributed by atoms with Crippen LogP contribution in [0.1, 0.15) is 29.5 Å². The molecule has 0 saturated heterocycles. The van der Waals surface area contributed by atoms with Gasteiger partial charge in [-0.2, -0.15) is 9.83 Å². The van der Waals surface area contributed by atoms with Crippen molar-refractivity contribution in [3.63, 3.8) is 0 Å². The number of hydrogen-bond acceptors (Lipinski definition) is 2. The van der Waals surface area contributed by atoms with Crippen LogP contribution in [0.4, 0.5) is 0 Å². The number of benzene rings is 2. The number of pyridine rings is 1. The molecule has 28 heavy (non-hydrogen) atoms. The summed E-state index contributed by atoms with van der Waals surface area (Å²) in [5, 5.41) is 9.14. The standard InChI is InChI=1S/C24H18N3O/c1-18(28)23(17-25)20-8-10-21(11-9-20)24(26-2)16-19-12-14-27(15-13-19)22-6-4-3-5-7-22/h3-16,23H,1H3/q+1. The third kappa shape index (κ3) is 4.20. The number of rotatable bonds is 5. The van der Waals surface area contributed by atoms with E-state index >= 15 is 0 Å². The molecule has 0 N–H and O–H groups in total. The van der Waals surface area contributed by atoms with Gasteiger partial charge in [0.2, 0.25) is 5.69 Å². The number of carbonyl (C=O) groups excluding carboxylic acids is 1. The zero-order valence-electron chi connectivity index (χ0n) is 15.4. The first-order valence-electron chi connectivity index (χ1n) is 8.78. The van der Waals surface area contributed by atoms with Crippen LogP contribution in [0, 0.1) is 17.9 Å². The Hall–Kier alpha value is -4.02. The lowest BCUT2D eigenvalue weighted by atomic mass is 9.95. The van der Waals surface area contributed by atoms with E-state index in [1.165, 1.54) is 6.92 Å². The van der Waals surface area contributed by atoms with Gasteiger partial charge >= 0.3 is 0 Å². The van der Waals surface area contributed by atoms with Gasteiger partial charge in [-0.1, -0.05) is 42.5 Å². The molecule has 0 bridgehead atoms. The molecule has 0 amide bonds. The first-order valence-corrected chi connectivity index (χ1v) is 8.78. The molecular weight excluding hydrogens is 346 g/mol. The van der Waals surface area contributed by atoms with E-state index in [4.69, 9.17) is 11.8 Å². The van der Waals surface area contributed by atoms with Crippen LogP contribution in [0.5, 0.6) is 0 Å². The Kier molecular flexibility index (Phi) is 5.75. The van der Waals surface area contributed by atoms with E-state index in [1.54, 1.807) is 24.3 Å². The number of nitriles is 1. The first kappa shape index (κ1) is 18.8. The molecular formula is C24H18N3O+. The van der Waals surface area contributed by atoms with Gasteiger partial charge < -0.3 is 0 Å². The highest BCUT2D eigenvalue weighted by molar-refractivity contribution is 5.87. The van der Waals surface area contributed by atoms with Gasteiger partial charge in [0.05, 0.1) is 12.6 Å².